The second-order valence-electron chi connectivity index (χ2n) is 4.73. The van der Waals surface area contributed by atoms with Gasteiger partial charge >= 0.3 is 0 Å². The number of nitrogens with zero attached hydrogens (tertiary/aromatic N) is 1. The third-order valence-corrected chi connectivity index (χ3v) is 3.77. The minimum atomic E-state index is -1.15. The molecule has 0 amide bonds. The number of ketones is 1. The molecule has 0 aromatic heterocycles. The van der Waals surface area contributed by atoms with E-state index in [1.807, 2.05) is 14.0 Å². The summed E-state index contributed by atoms with van der Waals surface area (Å²) in [7, 11) is 5.09. The van der Waals surface area contributed by atoms with Gasteiger partial charge in [-0.15, -0.1) is 0 Å². The van der Waals surface area contributed by atoms with E-state index in [9.17, 15) is 4.79 Å². The van der Waals surface area contributed by atoms with Gasteiger partial charge in [0, 0.05) is 39.1 Å². The number of likely N-dealkylation sites (tertiary alicyclic amines) is 1. The van der Waals surface area contributed by atoms with Gasteiger partial charge in [-0.3, -0.25) is 4.79 Å². The molecule has 4 nitrogen and oxygen atoms in total. The highest BCUT2D eigenvalue weighted by molar-refractivity contribution is 5.93. The molecule has 0 saturated carbocycles. The predicted molar refractivity (Wildman–Crippen MR) is 60.0 cm³/mol. The molecule has 2 rings (SSSR count). The van der Waals surface area contributed by atoms with Crippen molar-refractivity contribution < 1.29 is 14.3 Å². The molecule has 4 heteroatoms. The number of methoxy groups -OCH3 is 2. The Morgan fingerprint density at radius 1 is 1.38 bits per heavy atom. The summed E-state index contributed by atoms with van der Waals surface area (Å²) < 4.78 is 10.7. The Morgan fingerprint density at radius 3 is 2.56 bits per heavy atom. The number of carbonyl (C=O) groups is 1. The fourth-order valence-corrected chi connectivity index (χ4v) is 2.95. The Morgan fingerprint density at radius 2 is 2.00 bits per heavy atom. The van der Waals surface area contributed by atoms with Gasteiger partial charge in [0.15, 0.2) is 0 Å². The first kappa shape index (κ1) is 11.8. The van der Waals surface area contributed by atoms with E-state index in [1.165, 1.54) is 14.2 Å². The average molecular weight is 225 g/mol. The van der Waals surface area contributed by atoms with Crippen LogP contribution >= 0.6 is 0 Å². The zero-order valence-electron chi connectivity index (χ0n) is 10.3. The van der Waals surface area contributed by atoms with Crippen LogP contribution in [0.25, 0.3) is 0 Å². The Kier molecular flexibility index (Phi) is 2.90. The third-order valence-electron chi connectivity index (χ3n) is 3.77. The summed E-state index contributed by atoms with van der Waals surface area (Å²) in [5.74, 6) is -0.761. The molecule has 1 saturated heterocycles. The SMILES string of the molecule is COC1(OC)C(=O)[C@@H]2CN(C)C[C@@H]2C=C1C. The van der Waals surface area contributed by atoms with E-state index in [2.05, 4.69) is 11.0 Å². The van der Waals surface area contributed by atoms with Gasteiger partial charge in [0.25, 0.3) is 5.79 Å². The number of ether oxygens (including phenoxy) is 2. The van der Waals surface area contributed by atoms with Gasteiger partial charge in [0.1, 0.15) is 0 Å². The van der Waals surface area contributed by atoms with E-state index in [0.29, 0.717) is 5.92 Å². The Labute approximate surface area is 96.2 Å². The van der Waals surface area contributed by atoms with Crippen LogP contribution in [-0.2, 0) is 14.3 Å². The van der Waals surface area contributed by atoms with E-state index in [0.717, 1.165) is 18.7 Å². The highest BCUT2D eigenvalue weighted by atomic mass is 16.7. The average Bonchev–Trinajstić information content (AvgIpc) is 2.61. The van der Waals surface area contributed by atoms with Gasteiger partial charge in [0.05, 0.1) is 0 Å². The van der Waals surface area contributed by atoms with Crippen molar-refractivity contribution in [2.75, 3.05) is 34.4 Å². The molecule has 2 aliphatic rings. The maximum atomic E-state index is 12.4. The van der Waals surface area contributed by atoms with Crippen LogP contribution in [0.1, 0.15) is 6.92 Å². The number of Topliss-reactive ketones (excluding diaryl/α,β-unsaturated/α-hetero) is 1. The van der Waals surface area contributed by atoms with Gasteiger partial charge in [-0.1, -0.05) is 6.08 Å². The van der Waals surface area contributed by atoms with E-state index in [1.54, 1.807) is 0 Å². The van der Waals surface area contributed by atoms with Crippen molar-refractivity contribution in [3.8, 4) is 0 Å². The lowest BCUT2D eigenvalue weighted by atomic mass is 9.78. The quantitative estimate of drug-likeness (QED) is 0.512. The monoisotopic (exact) mass is 225 g/mol. The Hall–Kier alpha value is -0.710. The lowest BCUT2D eigenvalue weighted by molar-refractivity contribution is -0.196. The van der Waals surface area contributed by atoms with Crippen molar-refractivity contribution in [3.05, 3.63) is 11.6 Å². The van der Waals surface area contributed by atoms with Crippen molar-refractivity contribution in [2.45, 2.75) is 12.7 Å². The molecule has 0 spiro atoms. The van der Waals surface area contributed by atoms with Crippen molar-refractivity contribution >= 4 is 5.78 Å². The molecular weight excluding hydrogens is 206 g/mol. The summed E-state index contributed by atoms with van der Waals surface area (Å²) >= 11 is 0. The second kappa shape index (κ2) is 3.95. The fourth-order valence-electron chi connectivity index (χ4n) is 2.95. The van der Waals surface area contributed by atoms with Gasteiger partial charge in [0.2, 0.25) is 5.78 Å². The van der Waals surface area contributed by atoms with Gasteiger partial charge < -0.3 is 14.4 Å². The lowest BCUT2D eigenvalue weighted by Crippen LogP contribution is -2.51. The van der Waals surface area contributed by atoms with Crippen LogP contribution in [0, 0.1) is 11.8 Å². The minimum Gasteiger partial charge on any atom is -0.344 e. The number of rotatable bonds is 2. The number of hydrogen-bond donors (Lipinski definition) is 0. The molecule has 2 atom stereocenters. The van der Waals surface area contributed by atoms with Crippen LogP contribution in [0.15, 0.2) is 11.6 Å². The molecular formula is C12H19NO3. The minimum absolute atomic E-state index is 0.00796. The summed E-state index contributed by atoms with van der Waals surface area (Å²) in [6.07, 6.45) is 2.13. The van der Waals surface area contributed by atoms with Gasteiger partial charge in [-0.05, 0) is 19.5 Å². The summed E-state index contributed by atoms with van der Waals surface area (Å²) in [6, 6.07) is 0. The molecule has 16 heavy (non-hydrogen) atoms. The zero-order chi connectivity index (χ0) is 11.9. The van der Waals surface area contributed by atoms with Gasteiger partial charge in [-0.2, -0.15) is 0 Å². The first-order valence-corrected chi connectivity index (χ1v) is 5.57. The number of fused-ring (bicyclic) bond motifs is 1. The van der Waals surface area contributed by atoms with Crippen LogP contribution in [-0.4, -0.2) is 50.8 Å². The Bertz CT molecular complexity index is 333. The maximum Gasteiger partial charge on any atom is 0.251 e. The summed E-state index contributed by atoms with van der Waals surface area (Å²) in [5.41, 5.74) is 0.874. The molecule has 0 aromatic carbocycles. The summed E-state index contributed by atoms with van der Waals surface area (Å²) in [6.45, 7) is 3.64. The maximum absolute atomic E-state index is 12.4. The van der Waals surface area contributed by atoms with Crippen molar-refractivity contribution in [3.63, 3.8) is 0 Å². The molecule has 0 unspecified atom stereocenters. The molecule has 90 valence electrons. The third kappa shape index (κ3) is 1.44. The molecule has 1 aliphatic carbocycles. The lowest BCUT2D eigenvalue weighted by Gasteiger charge is -2.37. The van der Waals surface area contributed by atoms with Crippen LogP contribution in [0.2, 0.25) is 0 Å². The first-order chi connectivity index (χ1) is 7.55. The largest absolute Gasteiger partial charge is 0.344 e. The van der Waals surface area contributed by atoms with Crippen LogP contribution < -0.4 is 0 Å². The Balaban J connectivity index is 2.39. The molecule has 0 aromatic rings. The van der Waals surface area contributed by atoms with Crippen LogP contribution in [0.3, 0.4) is 0 Å². The first-order valence-electron chi connectivity index (χ1n) is 5.57. The van der Waals surface area contributed by atoms with E-state index < -0.39 is 5.79 Å². The van der Waals surface area contributed by atoms with Crippen LogP contribution in [0.5, 0.6) is 0 Å². The smallest absolute Gasteiger partial charge is 0.251 e. The molecule has 0 radical (unpaired) electrons. The summed E-state index contributed by atoms with van der Waals surface area (Å²) in [5, 5.41) is 0. The molecule has 0 bridgehead atoms. The molecule has 1 heterocycles. The van der Waals surface area contributed by atoms with E-state index in [-0.39, 0.29) is 11.7 Å². The van der Waals surface area contributed by atoms with Crippen LogP contribution in [0.4, 0.5) is 0 Å². The number of hydrogen-bond acceptors (Lipinski definition) is 4. The van der Waals surface area contributed by atoms with Crippen molar-refractivity contribution in [1.82, 2.24) is 4.90 Å². The summed E-state index contributed by atoms with van der Waals surface area (Å²) in [4.78, 5) is 14.6. The zero-order valence-corrected chi connectivity index (χ0v) is 10.3. The number of carbonyl (C=O) groups excluding carboxylic acids is 1. The second-order valence-corrected chi connectivity index (χ2v) is 4.73. The molecule has 1 fully saturated rings. The van der Waals surface area contributed by atoms with Crippen molar-refractivity contribution in [2.24, 2.45) is 11.8 Å². The van der Waals surface area contributed by atoms with Crippen molar-refractivity contribution in [1.29, 1.82) is 0 Å². The molecule has 1 aliphatic heterocycles. The van der Waals surface area contributed by atoms with E-state index >= 15 is 0 Å². The highest BCUT2D eigenvalue weighted by Gasteiger charge is 2.52. The van der Waals surface area contributed by atoms with E-state index in [4.69, 9.17) is 9.47 Å². The normalized spacial score (nSPS) is 33.8. The van der Waals surface area contributed by atoms with Gasteiger partial charge in [-0.25, -0.2) is 0 Å². The predicted octanol–water partition coefficient (Wildman–Crippen LogP) is 0.682. The topological polar surface area (TPSA) is 38.8 Å². The standard InChI is InChI=1S/C12H19NO3/c1-8-5-9-6-13(2)7-10(9)11(14)12(8,15-3)16-4/h5,9-10H,6-7H2,1-4H3/t9-,10+/m0/s1. The highest BCUT2D eigenvalue weighted by Crippen LogP contribution is 2.39. The fraction of sp³-hybridized carbons (Fsp3) is 0.750. The molecule has 0 N–H and O–H groups in total.